The number of halogens is 4. The summed E-state index contributed by atoms with van der Waals surface area (Å²) in [5.41, 5.74) is 2.06. The zero-order valence-corrected chi connectivity index (χ0v) is 19.2. The molecule has 1 aliphatic rings. The molecule has 0 N–H and O–H groups in total. The lowest BCUT2D eigenvalue weighted by Crippen LogP contribution is -2.51. The second kappa shape index (κ2) is 9.43. The third kappa shape index (κ3) is 5.64. The highest BCUT2D eigenvalue weighted by Crippen LogP contribution is 2.35. The van der Waals surface area contributed by atoms with E-state index in [1.165, 1.54) is 0 Å². The van der Waals surface area contributed by atoms with E-state index in [2.05, 4.69) is 9.88 Å². The van der Waals surface area contributed by atoms with Crippen molar-refractivity contribution in [1.29, 1.82) is 0 Å². The lowest BCUT2D eigenvalue weighted by atomic mass is 9.92. The maximum absolute atomic E-state index is 13.4. The molecule has 3 aromatic rings. The molecule has 1 atom stereocenters. The summed E-state index contributed by atoms with van der Waals surface area (Å²) in [7, 11) is -3.53. The molecule has 4 nitrogen and oxygen atoms in total. The van der Waals surface area contributed by atoms with E-state index in [0.717, 1.165) is 29.3 Å². The van der Waals surface area contributed by atoms with Crippen molar-refractivity contribution in [3.63, 3.8) is 0 Å². The zero-order chi connectivity index (χ0) is 22.9. The van der Waals surface area contributed by atoms with E-state index in [4.69, 9.17) is 23.2 Å². The van der Waals surface area contributed by atoms with Crippen LogP contribution in [0.25, 0.3) is 0 Å². The smallest absolute Gasteiger partial charge is 0.154 e. The van der Waals surface area contributed by atoms with Crippen molar-refractivity contribution in [1.82, 2.24) is 9.88 Å². The standard InChI is InChI=1S/C23H20Cl2F2N2O2S/c24-19-4-1-17(2-5-19)23(18-3-6-22(25)28-10-18)29-11-16(12-29)14-32(30,31)13-15-7-20(26)9-21(27)8-15/h1-10,16,23H,11-14H2. The van der Waals surface area contributed by atoms with Gasteiger partial charge in [-0.2, -0.15) is 0 Å². The first-order valence-corrected chi connectivity index (χ1v) is 12.5. The maximum atomic E-state index is 13.4. The number of hydrogen-bond acceptors (Lipinski definition) is 4. The molecule has 0 spiro atoms. The van der Waals surface area contributed by atoms with Gasteiger partial charge in [-0.15, -0.1) is 0 Å². The van der Waals surface area contributed by atoms with Gasteiger partial charge in [0.25, 0.3) is 0 Å². The minimum absolute atomic E-state index is 0.0478. The Morgan fingerprint density at radius 1 is 0.969 bits per heavy atom. The van der Waals surface area contributed by atoms with Crippen molar-refractivity contribution < 1.29 is 17.2 Å². The van der Waals surface area contributed by atoms with E-state index in [9.17, 15) is 17.2 Å². The average molecular weight is 497 g/mol. The average Bonchev–Trinajstić information content (AvgIpc) is 2.67. The Bertz CT molecular complexity index is 1130. The predicted octanol–water partition coefficient (Wildman–Crippen LogP) is 5.30. The fourth-order valence-electron chi connectivity index (χ4n) is 4.10. The van der Waals surface area contributed by atoms with Crippen LogP contribution in [0, 0.1) is 17.6 Å². The highest BCUT2D eigenvalue weighted by atomic mass is 35.5. The minimum Gasteiger partial charge on any atom is -0.292 e. The van der Waals surface area contributed by atoms with Gasteiger partial charge >= 0.3 is 0 Å². The first-order valence-electron chi connectivity index (χ1n) is 9.95. The van der Waals surface area contributed by atoms with Gasteiger partial charge in [0.15, 0.2) is 9.84 Å². The minimum atomic E-state index is -3.53. The van der Waals surface area contributed by atoms with Crippen LogP contribution in [-0.4, -0.2) is 37.1 Å². The monoisotopic (exact) mass is 496 g/mol. The number of nitrogens with zero attached hydrogens (tertiary/aromatic N) is 2. The van der Waals surface area contributed by atoms with Crippen LogP contribution in [0.4, 0.5) is 8.78 Å². The fraction of sp³-hybridized carbons (Fsp3) is 0.261. The summed E-state index contributed by atoms with van der Waals surface area (Å²) in [5.74, 6) is -2.08. The molecule has 0 bridgehead atoms. The topological polar surface area (TPSA) is 50.3 Å². The Hall–Kier alpha value is -2.06. The molecule has 0 saturated carbocycles. The Labute approximate surface area is 195 Å². The summed E-state index contributed by atoms with van der Waals surface area (Å²) < 4.78 is 52.0. The number of sulfone groups is 1. The lowest BCUT2D eigenvalue weighted by molar-refractivity contribution is 0.0811. The van der Waals surface area contributed by atoms with Crippen molar-refractivity contribution >= 4 is 33.0 Å². The molecule has 168 valence electrons. The van der Waals surface area contributed by atoms with Crippen LogP contribution in [0.15, 0.2) is 60.8 Å². The van der Waals surface area contributed by atoms with Crippen molar-refractivity contribution in [2.24, 2.45) is 5.92 Å². The summed E-state index contributed by atoms with van der Waals surface area (Å²) in [5, 5.41) is 1.02. The molecule has 32 heavy (non-hydrogen) atoms. The van der Waals surface area contributed by atoms with Gasteiger partial charge in [0.2, 0.25) is 0 Å². The van der Waals surface area contributed by atoms with Crippen molar-refractivity contribution in [3.8, 4) is 0 Å². The molecular formula is C23H20Cl2F2N2O2S. The summed E-state index contributed by atoms with van der Waals surface area (Å²) in [6.45, 7) is 1.12. The van der Waals surface area contributed by atoms with E-state index in [0.29, 0.717) is 23.3 Å². The van der Waals surface area contributed by atoms with Gasteiger partial charge in [-0.05, 0) is 52.9 Å². The normalized spacial score (nSPS) is 16.0. The number of benzene rings is 2. The van der Waals surface area contributed by atoms with Crippen LogP contribution in [0.5, 0.6) is 0 Å². The third-order valence-electron chi connectivity index (χ3n) is 5.40. The molecule has 1 aromatic heterocycles. The molecule has 9 heteroatoms. The number of pyridine rings is 1. The second-order valence-corrected chi connectivity index (χ2v) is 11.0. The molecule has 2 heterocycles. The third-order valence-corrected chi connectivity index (χ3v) is 7.63. The number of rotatable bonds is 7. The summed E-state index contributed by atoms with van der Waals surface area (Å²) in [6.07, 6.45) is 1.71. The van der Waals surface area contributed by atoms with E-state index in [-0.39, 0.29) is 29.0 Å². The molecule has 0 amide bonds. The molecular weight excluding hydrogens is 477 g/mol. The lowest BCUT2D eigenvalue weighted by Gasteiger charge is -2.44. The van der Waals surface area contributed by atoms with Crippen LogP contribution in [0.3, 0.4) is 0 Å². The number of likely N-dealkylation sites (tertiary alicyclic amines) is 1. The molecule has 1 unspecified atom stereocenters. The van der Waals surface area contributed by atoms with Crippen molar-refractivity contribution in [2.45, 2.75) is 11.8 Å². The Kier molecular flexibility index (Phi) is 6.81. The van der Waals surface area contributed by atoms with E-state index in [1.54, 1.807) is 12.3 Å². The summed E-state index contributed by atoms with van der Waals surface area (Å²) in [4.78, 5) is 6.34. The zero-order valence-electron chi connectivity index (χ0n) is 16.9. The predicted molar refractivity (Wildman–Crippen MR) is 121 cm³/mol. The maximum Gasteiger partial charge on any atom is 0.154 e. The molecule has 0 aliphatic carbocycles. The fourth-order valence-corrected chi connectivity index (χ4v) is 6.06. The van der Waals surface area contributed by atoms with Crippen molar-refractivity contribution in [3.05, 3.63) is 99.3 Å². The Morgan fingerprint density at radius 2 is 1.59 bits per heavy atom. The molecule has 1 fully saturated rings. The van der Waals surface area contributed by atoms with Gasteiger partial charge in [-0.3, -0.25) is 4.90 Å². The summed E-state index contributed by atoms with van der Waals surface area (Å²) in [6, 6.07) is 13.8. The van der Waals surface area contributed by atoms with Gasteiger partial charge in [0, 0.05) is 30.4 Å². The van der Waals surface area contributed by atoms with Crippen LogP contribution in [0.2, 0.25) is 10.2 Å². The molecule has 2 aromatic carbocycles. The first kappa shape index (κ1) is 23.1. The first-order chi connectivity index (χ1) is 15.2. The highest BCUT2D eigenvalue weighted by molar-refractivity contribution is 7.90. The van der Waals surface area contributed by atoms with Gasteiger partial charge in [0.05, 0.1) is 17.5 Å². The van der Waals surface area contributed by atoms with Crippen LogP contribution in [0.1, 0.15) is 22.7 Å². The van der Waals surface area contributed by atoms with Crippen LogP contribution >= 0.6 is 23.2 Å². The Balaban J connectivity index is 1.46. The van der Waals surface area contributed by atoms with Gasteiger partial charge in [-0.25, -0.2) is 22.2 Å². The molecule has 4 rings (SSSR count). The number of aromatic nitrogens is 1. The van der Waals surface area contributed by atoms with Gasteiger partial charge in [-0.1, -0.05) is 41.4 Å². The van der Waals surface area contributed by atoms with Crippen LogP contribution in [-0.2, 0) is 15.6 Å². The largest absolute Gasteiger partial charge is 0.292 e. The highest BCUT2D eigenvalue weighted by Gasteiger charge is 2.36. The molecule has 0 radical (unpaired) electrons. The SMILES string of the molecule is O=S(=O)(Cc1cc(F)cc(F)c1)CC1CN(C(c2ccc(Cl)cc2)c2ccc(Cl)nc2)C1. The van der Waals surface area contributed by atoms with E-state index in [1.807, 2.05) is 30.3 Å². The van der Waals surface area contributed by atoms with Crippen LogP contribution < -0.4 is 0 Å². The van der Waals surface area contributed by atoms with E-state index >= 15 is 0 Å². The molecule has 1 aliphatic heterocycles. The van der Waals surface area contributed by atoms with E-state index < -0.39 is 21.5 Å². The quantitative estimate of drug-likeness (QED) is 0.416. The van der Waals surface area contributed by atoms with Gasteiger partial charge < -0.3 is 0 Å². The second-order valence-electron chi connectivity index (χ2n) is 8.02. The molecule has 1 saturated heterocycles. The summed E-state index contributed by atoms with van der Waals surface area (Å²) >= 11 is 12.0. The number of hydrogen-bond donors (Lipinski definition) is 0. The van der Waals surface area contributed by atoms with Gasteiger partial charge in [0.1, 0.15) is 16.8 Å². The Morgan fingerprint density at radius 3 is 2.19 bits per heavy atom. The van der Waals surface area contributed by atoms with Crippen molar-refractivity contribution in [2.75, 3.05) is 18.8 Å².